The van der Waals surface area contributed by atoms with Gasteiger partial charge >= 0.3 is 6.18 Å². The molecule has 0 spiro atoms. The monoisotopic (exact) mass is 404 g/mol. The first-order chi connectivity index (χ1) is 13.8. The van der Waals surface area contributed by atoms with E-state index in [-0.39, 0.29) is 18.3 Å². The lowest BCUT2D eigenvalue weighted by Crippen LogP contribution is -2.28. The van der Waals surface area contributed by atoms with Crippen molar-refractivity contribution in [3.63, 3.8) is 0 Å². The first-order valence-electron chi connectivity index (χ1n) is 9.21. The Morgan fingerprint density at radius 1 is 1.28 bits per heavy atom. The van der Waals surface area contributed by atoms with Crippen molar-refractivity contribution in [2.75, 3.05) is 23.8 Å². The second-order valence-electron chi connectivity index (χ2n) is 7.04. The lowest BCUT2D eigenvalue weighted by Gasteiger charge is -2.25. The van der Waals surface area contributed by atoms with Crippen molar-refractivity contribution in [1.29, 1.82) is 0 Å². The van der Waals surface area contributed by atoms with Crippen molar-refractivity contribution in [3.05, 3.63) is 59.2 Å². The molecule has 1 atom stereocenters. The van der Waals surface area contributed by atoms with E-state index in [4.69, 9.17) is 4.74 Å². The number of carbonyl (C=O) groups excluding carboxylic acids is 1. The maximum Gasteiger partial charge on any atom is 0.416 e. The summed E-state index contributed by atoms with van der Waals surface area (Å²) >= 11 is 0. The molecule has 8 heteroatoms. The van der Waals surface area contributed by atoms with Crippen LogP contribution in [0.4, 0.5) is 24.5 Å². The first kappa shape index (κ1) is 19.3. The molecule has 2 aliphatic heterocycles. The van der Waals surface area contributed by atoms with Gasteiger partial charge in [-0.1, -0.05) is 12.1 Å². The van der Waals surface area contributed by atoms with Crippen molar-refractivity contribution < 1.29 is 27.8 Å². The highest BCUT2D eigenvalue weighted by Gasteiger charge is 2.32. The average molecular weight is 404 g/mol. The number of benzene rings is 2. The number of ether oxygens (including phenoxy) is 1. The summed E-state index contributed by atoms with van der Waals surface area (Å²) in [4.78, 5) is 12.6. The van der Waals surface area contributed by atoms with Crippen molar-refractivity contribution in [1.82, 2.24) is 0 Å². The van der Waals surface area contributed by atoms with Gasteiger partial charge in [0.25, 0.3) is 0 Å². The molecule has 2 heterocycles. The number of nitrogens with one attached hydrogen (secondary N) is 2. The van der Waals surface area contributed by atoms with E-state index in [2.05, 4.69) is 10.6 Å². The van der Waals surface area contributed by atoms with Crippen LogP contribution < -0.4 is 15.4 Å². The summed E-state index contributed by atoms with van der Waals surface area (Å²) in [5.41, 5.74) is 2.57. The number of β-amino-alcohol motifs (C(OH)–C–C–N with tert-alkyl or cyclic N) is 1. The quantitative estimate of drug-likeness (QED) is 0.666. The van der Waals surface area contributed by atoms with E-state index in [9.17, 15) is 23.1 Å². The van der Waals surface area contributed by atoms with Crippen molar-refractivity contribution in [2.45, 2.75) is 25.1 Å². The SMILES string of the molecule is O=C(C=C1CCOc2cc(C(F)(F)F)ccc21)Nc1cccc2c1CC(O)CN2. The summed E-state index contributed by atoms with van der Waals surface area (Å²) in [5, 5.41) is 15.8. The molecule has 0 fully saturated rings. The molecule has 2 aromatic rings. The second-order valence-corrected chi connectivity index (χ2v) is 7.04. The van der Waals surface area contributed by atoms with E-state index in [1.165, 1.54) is 12.1 Å². The molecule has 3 N–H and O–H groups in total. The molecule has 0 saturated carbocycles. The number of hydrogen-bond donors (Lipinski definition) is 3. The Balaban J connectivity index is 1.58. The molecule has 152 valence electrons. The molecule has 1 amide bonds. The van der Waals surface area contributed by atoms with Crippen LogP contribution in [0.3, 0.4) is 0 Å². The van der Waals surface area contributed by atoms with Crippen LogP contribution in [0.2, 0.25) is 0 Å². The van der Waals surface area contributed by atoms with Crippen LogP contribution in [-0.2, 0) is 17.4 Å². The van der Waals surface area contributed by atoms with Crippen LogP contribution in [0, 0.1) is 0 Å². The van der Waals surface area contributed by atoms with Crippen LogP contribution in [0.15, 0.2) is 42.5 Å². The van der Waals surface area contributed by atoms with Gasteiger partial charge in [0.15, 0.2) is 0 Å². The van der Waals surface area contributed by atoms with E-state index in [1.54, 1.807) is 12.1 Å². The number of hydrogen-bond acceptors (Lipinski definition) is 4. The van der Waals surface area contributed by atoms with Gasteiger partial charge < -0.3 is 20.5 Å². The zero-order valence-electron chi connectivity index (χ0n) is 15.3. The average Bonchev–Trinajstić information content (AvgIpc) is 2.67. The third kappa shape index (κ3) is 4.07. The number of fused-ring (bicyclic) bond motifs is 2. The Morgan fingerprint density at radius 2 is 2.10 bits per heavy atom. The summed E-state index contributed by atoms with van der Waals surface area (Å²) in [6.07, 6.45) is -2.77. The fraction of sp³-hybridized carbons (Fsp3) is 0.286. The van der Waals surface area contributed by atoms with Gasteiger partial charge in [-0.2, -0.15) is 13.2 Å². The molecular weight excluding hydrogens is 385 g/mol. The number of aliphatic hydroxyl groups is 1. The lowest BCUT2D eigenvalue weighted by molar-refractivity contribution is -0.137. The molecule has 0 aromatic heterocycles. The van der Waals surface area contributed by atoms with Gasteiger partial charge in [0.2, 0.25) is 5.91 Å². The smallest absolute Gasteiger partial charge is 0.416 e. The summed E-state index contributed by atoms with van der Waals surface area (Å²) in [5.74, 6) is -0.268. The molecule has 2 aliphatic rings. The topological polar surface area (TPSA) is 70.6 Å². The van der Waals surface area contributed by atoms with Crippen LogP contribution in [-0.4, -0.2) is 30.3 Å². The van der Waals surface area contributed by atoms with Gasteiger partial charge in [-0.3, -0.25) is 4.79 Å². The zero-order valence-corrected chi connectivity index (χ0v) is 15.3. The van der Waals surface area contributed by atoms with E-state index in [0.29, 0.717) is 36.2 Å². The molecular formula is C21H19F3N2O3. The normalized spacial score (nSPS) is 19.6. The highest BCUT2D eigenvalue weighted by molar-refractivity contribution is 6.05. The lowest BCUT2D eigenvalue weighted by atomic mass is 9.97. The Morgan fingerprint density at radius 3 is 2.90 bits per heavy atom. The van der Waals surface area contributed by atoms with Crippen LogP contribution >= 0.6 is 0 Å². The summed E-state index contributed by atoms with van der Waals surface area (Å²) in [7, 11) is 0. The zero-order chi connectivity index (χ0) is 20.6. The fourth-order valence-corrected chi connectivity index (χ4v) is 3.59. The Kier molecular flexibility index (Phi) is 4.96. The highest BCUT2D eigenvalue weighted by Crippen LogP contribution is 2.38. The first-order valence-corrected chi connectivity index (χ1v) is 9.21. The van der Waals surface area contributed by atoms with Crippen LogP contribution in [0.1, 0.15) is 23.1 Å². The van der Waals surface area contributed by atoms with Gasteiger partial charge in [-0.15, -0.1) is 0 Å². The van der Waals surface area contributed by atoms with Gasteiger partial charge in [0.05, 0.1) is 18.3 Å². The number of anilines is 2. The maximum absolute atomic E-state index is 12.9. The molecule has 0 aliphatic carbocycles. The number of halogens is 3. The van der Waals surface area contributed by atoms with E-state index < -0.39 is 17.8 Å². The minimum atomic E-state index is -4.46. The maximum atomic E-state index is 12.9. The summed E-state index contributed by atoms with van der Waals surface area (Å²) in [6.45, 7) is 0.648. The summed E-state index contributed by atoms with van der Waals surface area (Å²) in [6, 6.07) is 8.71. The summed E-state index contributed by atoms with van der Waals surface area (Å²) < 4.78 is 44.1. The van der Waals surface area contributed by atoms with Crippen molar-refractivity contribution in [3.8, 4) is 5.75 Å². The van der Waals surface area contributed by atoms with E-state index in [1.807, 2.05) is 6.07 Å². The minimum Gasteiger partial charge on any atom is -0.493 e. The number of aliphatic hydroxyl groups excluding tert-OH is 1. The van der Waals surface area contributed by atoms with Gasteiger partial charge in [-0.05, 0) is 29.8 Å². The van der Waals surface area contributed by atoms with Gasteiger partial charge in [0.1, 0.15) is 5.75 Å². The van der Waals surface area contributed by atoms with Gasteiger partial charge in [-0.25, -0.2) is 0 Å². The molecule has 1 unspecified atom stereocenters. The molecule has 0 bridgehead atoms. The Labute approximate surface area is 165 Å². The second kappa shape index (κ2) is 7.44. The third-order valence-electron chi connectivity index (χ3n) is 4.99. The fourth-order valence-electron chi connectivity index (χ4n) is 3.59. The number of amides is 1. The van der Waals surface area contributed by atoms with Crippen molar-refractivity contribution in [2.24, 2.45) is 0 Å². The molecule has 0 saturated heterocycles. The van der Waals surface area contributed by atoms with Crippen LogP contribution in [0.5, 0.6) is 5.75 Å². The van der Waals surface area contributed by atoms with Gasteiger partial charge in [0, 0.05) is 48.0 Å². The standard InChI is InChI=1S/C21H19F3N2O3/c22-21(23,24)13-4-5-15-12(6-7-29-19(15)9-13)8-20(28)26-18-3-1-2-17-16(18)10-14(27)11-25-17/h1-5,8-9,14,25,27H,6-7,10-11H2,(H,26,28). The molecule has 2 aromatic carbocycles. The number of alkyl halides is 3. The number of rotatable bonds is 2. The van der Waals surface area contributed by atoms with Crippen molar-refractivity contribution >= 4 is 22.9 Å². The van der Waals surface area contributed by atoms with E-state index >= 15 is 0 Å². The number of carbonyl (C=O) groups is 1. The molecule has 29 heavy (non-hydrogen) atoms. The predicted octanol–water partition coefficient (Wildman–Crippen LogP) is 3.84. The Hall–Kier alpha value is -3.00. The highest BCUT2D eigenvalue weighted by atomic mass is 19.4. The molecule has 5 nitrogen and oxygen atoms in total. The molecule has 4 rings (SSSR count). The van der Waals surface area contributed by atoms with Crippen LogP contribution in [0.25, 0.3) is 5.57 Å². The predicted molar refractivity (Wildman–Crippen MR) is 103 cm³/mol. The largest absolute Gasteiger partial charge is 0.493 e. The Bertz CT molecular complexity index is 986. The van der Waals surface area contributed by atoms with E-state index in [0.717, 1.165) is 23.4 Å². The minimum absolute atomic E-state index is 0.120. The molecule has 0 radical (unpaired) electrons. The third-order valence-corrected chi connectivity index (χ3v) is 4.99.